The lowest BCUT2D eigenvalue weighted by Crippen LogP contribution is -2.39. The fourth-order valence-corrected chi connectivity index (χ4v) is 3.24. The van der Waals surface area contributed by atoms with E-state index in [1.165, 1.54) is 31.2 Å². The minimum absolute atomic E-state index is 0.744. The van der Waals surface area contributed by atoms with Gasteiger partial charge in [-0.05, 0) is 50.2 Å². The van der Waals surface area contributed by atoms with E-state index >= 15 is 0 Å². The Morgan fingerprint density at radius 2 is 1.88 bits per heavy atom. The van der Waals surface area contributed by atoms with Crippen LogP contribution in [0.15, 0.2) is 24.3 Å². The number of aryl methyl sites for hydroxylation is 1. The molecule has 0 spiro atoms. The van der Waals surface area contributed by atoms with Crippen molar-refractivity contribution in [2.24, 2.45) is 5.92 Å². The van der Waals surface area contributed by atoms with Crippen molar-refractivity contribution >= 4 is 0 Å². The van der Waals surface area contributed by atoms with Crippen LogP contribution in [0.3, 0.4) is 0 Å². The summed E-state index contributed by atoms with van der Waals surface area (Å²) >= 11 is 0. The molecule has 0 radical (unpaired) electrons. The van der Waals surface area contributed by atoms with Gasteiger partial charge >= 0.3 is 0 Å². The molecule has 2 fully saturated rings. The largest absolute Gasteiger partial charge is 0.493 e. The molecule has 2 unspecified atom stereocenters. The predicted octanol–water partition coefficient (Wildman–Crippen LogP) is 2.90. The van der Waals surface area contributed by atoms with E-state index in [0.717, 1.165) is 30.4 Å². The fourth-order valence-electron chi connectivity index (χ4n) is 3.24. The Balaban J connectivity index is 1.56. The van der Waals surface area contributed by atoms with Crippen molar-refractivity contribution in [3.8, 4) is 5.75 Å². The van der Waals surface area contributed by atoms with E-state index in [9.17, 15) is 0 Å². The quantitative estimate of drug-likeness (QED) is 0.863. The molecular formula is C15H21NO. The van der Waals surface area contributed by atoms with E-state index in [4.69, 9.17) is 4.74 Å². The van der Waals surface area contributed by atoms with Crippen molar-refractivity contribution in [1.82, 2.24) is 5.32 Å². The number of ether oxygens (including phenoxy) is 1. The van der Waals surface area contributed by atoms with Crippen LogP contribution in [0.1, 0.15) is 31.2 Å². The molecule has 1 aromatic carbocycles. The maximum absolute atomic E-state index is 5.97. The normalized spacial score (nSPS) is 31.5. The molecule has 2 nitrogen and oxygen atoms in total. The molecule has 92 valence electrons. The summed E-state index contributed by atoms with van der Waals surface area (Å²) in [4.78, 5) is 0. The summed E-state index contributed by atoms with van der Waals surface area (Å²) in [7, 11) is 0. The summed E-state index contributed by atoms with van der Waals surface area (Å²) in [6.45, 7) is 3.00. The van der Waals surface area contributed by atoms with Crippen molar-refractivity contribution in [3.05, 3.63) is 29.8 Å². The molecule has 2 heterocycles. The van der Waals surface area contributed by atoms with Gasteiger partial charge in [-0.25, -0.2) is 0 Å². The van der Waals surface area contributed by atoms with Gasteiger partial charge in [-0.2, -0.15) is 0 Å². The second-order valence-electron chi connectivity index (χ2n) is 5.55. The third-order valence-electron chi connectivity index (χ3n) is 4.14. The van der Waals surface area contributed by atoms with Gasteiger partial charge < -0.3 is 10.1 Å². The Labute approximate surface area is 103 Å². The number of rotatable bonds is 3. The summed E-state index contributed by atoms with van der Waals surface area (Å²) in [6.07, 6.45) is 5.32. The molecule has 2 saturated heterocycles. The Morgan fingerprint density at radius 3 is 2.59 bits per heavy atom. The molecule has 0 amide bonds. The summed E-state index contributed by atoms with van der Waals surface area (Å²) < 4.78 is 5.97. The first-order chi connectivity index (χ1) is 8.31. The lowest BCUT2D eigenvalue weighted by atomic mass is 9.93. The first-order valence-electron chi connectivity index (χ1n) is 6.76. The fraction of sp³-hybridized carbons (Fsp3) is 0.600. The van der Waals surface area contributed by atoms with Gasteiger partial charge in [0.25, 0.3) is 0 Å². The Kier molecular flexibility index (Phi) is 3.06. The van der Waals surface area contributed by atoms with Crippen molar-refractivity contribution in [3.63, 3.8) is 0 Å². The van der Waals surface area contributed by atoms with Gasteiger partial charge in [-0.1, -0.05) is 18.2 Å². The molecule has 0 aliphatic carbocycles. The van der Waals surface area contributed by atoms with Crippen LogP contribution >= 0.6 is 0 Å². The highest BCUT2D eigenvalue weighted by atomic mass is 16.5. The lowest BCUT2D eigenvalue weighted by Gasteiger charge is -2.29. The highest BCUT2D eigenvalue weighted by molar-refractivity contribution is 5.31. The summed E-state index contributed by atoms with van der Waals surface area (Å²) in [6, 6.07) is 9.83. The van der Waals surface area contributed by atoms with Crippen molar-refractivity contribution in [2.45, 2.75) is 44.7 Å². The Morgan fingerprint density at radius 1 is 1.18 bits per heavy atom. The number of piperidine rings is 1. The van der Waals surface area contributed by atoms with Crippen LogP contribution in [0.25, 0.3) is 0 Å². The van der Waals surface area contributed by atoms with E-state index in [0.29, 0.717) is 0 Å². The molecule has 2 heteroatoms. The van der Waals surface area contributed by atoms with E-state index in [2.05, 4.69) is 36.5 Å². The van der Waals surface area contributed by atoms with Gasteiger partial charge in [-0.15, -0.1) is 0 Å². The van der Waals surface area contributed by atoms with Crippen LogP contribution in [0, 0.1) is 12.8 Å². The summed E-state index contributed by atoms with van der Waals surface area (Å²) in [5.41, 5.74) is 1.24. The molecule has 0 saturated carbocycles. The summed E-state index contributed by atoms with van der Waals surface area (Å²) in [5, 5.41) is 3.67. The molecule has 2 bridgehead atoms. The molecule has 2 aliphatic heterocycles. The third-order valence-corrected chi connectivity index (χ3v) is 4.14. The molecular weight excluding hydrogens is 210 g/mol. The van der Waals surface area contributed by atoms with Gasteiger partial charge in [-0.3, -0.25) is 0 Å². The number of nitrogens with one attached hydrogen (secondary N) is 1. The second kappa shape index (κ2) is 4.69. The SMILES string of the molecule is Cc1ccccc1OCC1CC2CCC(C1)N2. The van der Waals surface area contributed by atoms with E-state index in [1.807, 2.05) is 0 Å². The first-order valence-corrected chi connectivity index (χ1v) is 6.76. The number of fused-ring (bicyclic) bond motifs is 2. The van der Waals surface area contributed by atoms with Crippen molar-refractivity contribution in [2.75, 3.05) is 6.61 Å². The van der Waals surface area contributed by atoms with Crippen LogP contribution in [0.5, 0.6) is 5.75 Å². The average molecular weight is 231 g/mol. The first kappa shape index (κ1) is 11.1. The number of benzene rings is 1. The van der Waals surface area contributed by atoms with Gasteiger partial charge in [0.2, 0.25) is 0 Å². The smallest absolute Gasteiger partial charge is 0.122 e. The van der Waals surface area contributed by atoms with Crippen molar-refractivity contribution < 1.29 is 4.74 Å². The molecule has 1 aromatic rings. The van der Waals surface area contributed by atoms with Gasteiger partial charge in [0.15, 0.2) is 0 Å². The van der Waals surface area contributed by atoms with Gasteiger partial charge in [0.1, 0.15) is 5.75 Å². The standard InChI is InChI=1S/C15H21NO/c1-11-4-2-3-5-15(11)17-10-12-8-13-6-7-14(9-12)16-13/h2-5,12-14,16H,6-10H2,1H3. The van der Waals surface area contributed by atoms with E-state index < -0.39 is 0 Å². The molecule has 0 aromatic heterocycles. The van der Waals surface area contributed by atoms with Crippen LogP contribution in [0.4, 0.5) is 0 Å². The van der Waals surface area contributed by atoms with E-state index in [1.54, 1.807) is 0 Å². The highest BCUT2D eigenvalue weighted by Gasteiger charge is 2.33. The molecule has 2 atom stereocenters. The number of hydrogen-bond donors (Lipinski definition) is 1. The van der Waals surface area contributed by atoms with Gasteiger partial charge in [0, 0.05) is 12.1 Å². The molecule has 17 heavy (non-hydrogen) atoms. The predicted molar refractivity (Wildman–Crippen MR) is 69.3 cm³/mol. The van der Waals surface area contributed by atoms with E-state index in [-0.39, 0.29) is 0 Å². The zero-order chi connectivity index (χ0) is 11.7. The molecule has 1 N–H and O–H groups in total. The number of hydrogen-bond acceptors (Lipinski definition) is 2. The minimum atomic E-state index is 0.744. The van der Waals surface area contributed by atoms with Crippen LogP contribution in [0.2, 0.25) is 0 Å². The lowest BCUT2D eigenvalue weighted by molar-refractivity contribution is 0.189. The zero-order valence-electron chi connectivity index (χ0n) is 10.5. The van der Waals surface area contributed by atoms with Crippen LogP contribution in [-0.2, 0) is 0 Å². The molecule has 3 rings (SSSR count). The maximum atomic E-state index is 5.97. The van der Waals surface area contributed by atoms with Crippen molar-refractivity contribution in [1.29, 1.82) is 0 Å². The Bertz CT molecular complexity index is 378. The Hall–Kier alpha value is -1.02. The maximum Gasteiger partial charge on any atom is 0.122 e. The highest BCUT2D eigenvalue weighted by Crippen LogP contribution is 2.31. The third kappa shape index (κ3) is 2.47. The van der Waals surface area contributed by atoms with Crippen LogP contribution in [-0.4, -0.2) is 18.7 Å². The molecule has 2 aliphatic rings. The average Bonchev–Trinajstić information content (AvgIpc) is 2.68. The number of para-hydroxylation sites is 1. The zero-order valence-corrected chi connectivity index (χ0v) is 10.5. The van der Waals surface area contributed by atoms with Gasteiger partial charge in [0.05, 0.1) is 6.61 Å². The summed E-state index contributed by atoms with van der Waals surface area (Å²) in [5.74, 6) is 1.80. The minimum Gasteiger partial charge on any atom is -0.493 e. The monoisotopic (exact) mass is 231 g/mol. The topological polar surface area (TPSA) is 21.3 Å². The van der Waals surface area contributed by atoms with Crippen LogP contribution < -0.4 is 10.1 Å². The second-order valence-corrected chi connectivity index (χ2v) is 5.55.